The van der Waals surface area contributed by atoms with Crippen molar-refractivity contribution in [1.29, 1.82) is 0 Å². The smallest absolute Gasteiger partial charge is 0.333 e. The lowest BCUT2D eigenvalue weighted by molar-refractivity contribution is 0.795. The van der Waals surface area contributed by atoms with E-state index in [0.29, 0.717) is 0 Å². The Kier molecular flexibility index (Phi) is 9.39. The molecule has 0 spiro atoms. The van der Waals surface area contributed by atoms with Gasteiger partial charge >= 0.3 is 6.85 Å². The quantitative estimate of drug-likeness (QED) is 0.127. The predicted molar refractivity (Wildman–Crippen MR) is 261 cm³/mol. The Labute approximate surface area is 358 Å². The van der Waals surface area contributed by atoms with Gasteiger partial charge in [-0.2, -0.15) is 0 Å². The minimum absolute atomic E-state index is 0.0499. The van der Waals surface area contributed by atoms with Crippen LogP contribution in [-0.2, 0) is 12.8 Å². The van der Waals surface area contributed by atoms with Crippen molar-refractivity contribution < 1.29 is 0 Å². The summed E-state index contributed by atoms with van der Waals surface area (Å²) >= 11 is 1.90. The number of hydrogen-bond acceptors (Lipinski definition) is 3. The molecule has 9 aromatic rings. The minimum Gasteiger partial charge on any atom is -0.376 e. The van der Waals surface area contributed by atoms with Gasteiger partial charge in [0.2, 0.25) is 0 Å². The fourth-order valence-corrected chi connectivity index (χ4v) is 11.0. The summed E-state index contributed by atoms with van der Waals surface area (Å²) in [7, 11) is 0. The first-order chi connectivity index (χ1) is 29.7. The van der Waals surface area contributed by atoms with Crippen LogP contribution in [0.1, 0.15) is 50.7 Å². The summed E-state index contributed by atoms with van der Waals surface area (Å²) in [5.74, 6) is 0. The van der Waals surface area contributed by atoms with Crippen LogP contribution in [0.2, 0.25) is 0 Å². The summed E-state index contributed by atoms with van der Waals surface area (Å²) in [4.78, 5) is 5.26. The van der Waals surface area contributed by atoms with Crippen molar-refractivity contribution in [1.82, 2.24) is 0 Å². The Morgan fingerprint density at radius 1 is 0.450 bits per heavy atom. The highest BCUT2D eigenvalue weighted by molar-refractivity contribution is 7.26. The number of rotatable bonds is 10. The van der Waals surface area contributed by atoms with Crippen LogP contribution in [0, 0.1) is 0 Å². The molecule has 11 rings (SSSR count). The van der Waals surface area contributed by atoms with Crippen molar-refractivity contribution in [3.63, 3.8) is 0 Å². The van der Waals surface area contributed by atoms with Gasteiger partial charge in [-0.05, 0) is 125 Å². The van der Waals surface area contributed by atoms with E-state index >= 15 is 0 Å². The molecule has 8 aromatic carbocycles. The van der Waals surface area contributed by atoms with E-state index in [1.165, 1.54) is 130 Å². The largest absolute Gasteiger partial charge is 0.376 e. The van der Waals surface area contributed by atoms with Crippen molar-refractivity contribution in [2.45, 2.75) is 52.4 Å². The van der Waals surface area contributed by atoms with E-state index in [1.54, 1.807) is 0 Å². The second-order valence-corrected chi connectivity index (χ2v) is 17.6. The van der Waals surface area contributed by atoms with Crippen LogP contribution in [0.15, 0.2) is 176 Å². The van der Waals surface area contributed by atoms with Crippen molar-refractivity contribution in [2.75, 3.05) is 9.71 Å². The SMILES string of the molecule is CCCCc1ccc(N2B3c4cc5c(cc4N(c4ccc(CCCC)cc4-c4ccccc4)c4cccc(c43)-c3cc(-c4ccccc4)ccc32)sc2ccccc25)cc1. The Morgan fingerprint density at radius 3 is 1.93 bits per heavy atom. The molecule has 0 saturated heterocycles. The molecule has 0 bridgehead atoms. The average molecular weight is 791 g/mol. The summed E-state index contributed by atoms with van der Waals surface area (Å²) in [6, 6.07) is 66.8. The monoisotopic (exact) mass is 790 g/mol. The Morgan fingerprint density at radius 2 is 1.15 bits per heavy atom. The third kappa shape index (κ3) is 6.16. The van der Waals surface area contributed by atoms with E-state index < -0.39 is 0 Å². The van der Waals surface area contributed by atoms with Crippen LogP contribution in [0.3, 0.4) is 0 Å². The second kappa shape index (κ2) is 15.3. The highest BCUT2D eigenvalue weighted by Crippen LogP contribution is 2.50. The summed E-state index contributed by atoms with van der Waals surface area (Å²) in [5.41, 5.74) is 19.2. The maximum absolute atomic E-state index is 2.65. The number of fused-ring (bicyclic) bond motifs is 7. The van der Waals surface area contributed by atoms with E-state index in [9.17, 15) is 0 Å². The molecule has 60 heavy (non-hydrogen) atoms. The lowest BCUT2D eigenvalue weighted by Gasteiger charge is -2.46. The number of hydrogen-bond donors (Lipinski definition) is 0. The Balaban J connectivity index is 1.22. The number of anilines is 5. The maximum Gasteiger partial charge on any atom is 0.333 e. The maximum atomic E-state index is 2.65. The summed E-state index contributed by atoms with van der Waals surface area (Å²) in [6.45, 7) is 4.51. The number of nitrogens with zero attached hydrogens (tertiary/aromatic N) is 2. The van der Waals surface area contributed by atoms with Crippen LogP contribution in [0.5, 0.6) is 0 Å². The normalized spacial score (nSPS) is 12.8. The van der Waals surface area contributed by atoms with Crippen molar-refractivity contribution >= 4 is 77.7 Å². The highest BCUT2D eigenvalue weighted by Gasteiger charge is 2.45. The first-order valence-electron chi connectivity index (χ1n) is 21.8. The van der Waals surface area contributed by atoms with Crippen molar-refractivity contribution in [3.05, 3.63) is 187 Å². The van der Waals surface area contributed by atoms with E-state index in [1.807, 2.05) is 11.3 Å². The molecule has 0 atom stereocenters. The molecule has 290 valence electrons. The standard InChI is InChI=1S/C56H47BN2S/c1-3-5-16-38-26-30-43(31-27-38)59-51-33-29-42(40-18-9-7-10-19-40)35-47(51)45-23-15-24-52-56(45)57(59)49-36-48-44-22-13-14-25-54(44)60-55(48)37-53(49)58(52)50-32-28-39(17-6-4-2)34-46(50)41-20-11-8-12-21-41/h7-15,18-37H,3-6,16-17H2,1-2H3. The zero-order chi connectivity index (χ0) is 40.2. The summed E-state index contributed by atoms with van der Waals surface area (Å²) < 4.78 is 2.64. The van der Waals surface area contributed by atoms with Crippen LogP contribution >= 0.6 is 11.3 Å². The third-order valence-electron chi connectivity index (χ3n) is 12.8. The van der Waals surface area contributed by atoms with Crippen LogP contribution < -0.4 is 20.6 Å². The summed E-state index contributed by atoms with van der Waals surface area (Å²) in [6.07, 6.45) is 6.93. The lowest BCUT2D eigenvalue weighted by atomic mass is 9.43. The fourth-order valence-electron chi connectivity index (χ4n) is 9.84. The van der Waals surface area contributed by atoms with E-state index in [4.69, 9.17) is 0 Å². The number of thiophene rings is 1. The zero-order valence-electron chi connectivity index (χ0n) is 34.4. The first-order valence-corrected chi connectivity index (χ1v) is 22.6. The lowest BCUT2D eigenvalue weighted by Crippen LogP contribution is -2.61. The van der Waals surface area contributed by atoms with Gasteiger partial charge in [-0.15, -0.1) is 11.3 Å². The third-order valence-corrected chi connectivity index (χ3v) is 13.9. The molecule has 2 aliphatic rings. The van der Waals surface area contributed by atoms with Gasteiger partial charge in [-0.3, -0.25) is 0 Å². The predicted octanol–water partition coefficient (Wildman–Crippen LogP) is 14.8. The molecular formula is C56H47BN2S. The molecule has 0 N–H and O–H groups in total. The molecule has 0 fully saturated rings. The van der Waals surface area contributed by atoms with Gasteiger partial charge in [-0.1, -0.05) is 148 Å². The fraction of sp³-hybridized carbons (Fsp3) is 0.143. The first kappa shape index (κ1) is 36.7. The van der Waals surface area contributed by atoms with Gasteiger partial charge in [0.1, 0.15) is 0 Å². The molecule has 2 nitrogen and oxygen atoms in total. The Hall–Kier alpha value is -6.36. The molecule has 0 amide bonds. The summed E-state index contributed by atoms with van der Waals surface area (Å²) in [5, 5.41) is 2.65. The molecule has 1 aromatic heterocycles. The number of benzene rings is 8. The van der Waals surface area contributed by atoms with Gasteiger partial charge in [-0.25, -0.2) is 0 Å². The van der Waals surface area contributed by atoms with E-state index in [0.717, 1.165) is 12.8 Å². The molecule has 0 aliphatic carbocycles. The van der Waals surface area contributed by atoms with Gasteiger partial charge in [0, 0.05) is 54.0 Å². The van der Waals surface area contributed by atoms with E-state index in [-0.39, 0.29) is 6.85 Å². The second-order valence-electron chi connectivity index (χ2n) is 16.5. The van der Waals surface area contributed by atoms with Gasteiger partial charge in [0.25, 0.3) is 0 Å². The molecule has 3 heterocycles. The zero-order valence-corrected chi connectivity index (χ0v) is 35.2. The molecule has 2 aliphatic heterocycles. The highest BCUT2D eigenvalue weighted by atomic mass is 32.1. The topological polar surface area (TPSA) is 6.48 Å². The molecule has 4 heteroatoms. The van der Waals surface area contributed by atoms with Gasteiger partial charge < -0.3 is 9.71 Å². The average Bonchev–Trinajstić information content (AvgIpc) is 3.68. The Bertz CT molecular complexity index is 3020. The van der Waals surface area contributed by atoms with Gasteiger partial charge in [0.05, 0.1) is 5.69 Å². The van der Waals surface area contributed by atoms with Crippen LogP contribution in [0.4, 0.5) is 28.4 Å². The molecule has 0 saturated carbocycles. The number of unbranched alkanes of at least 4 members (excludes halogenated alkanes) is 2. The molecular weight excluding hydrogens is 744 g/mol. The number of aryl methyl sites for hydroxylation is 2. The van der Waals surface area contributed by atoms with Crippen molar-refractivity contribution in [2.24, 2.45) is 0 Å². The van der Waals surface area contributed by atoms with Crippen molar-refractivity contribution in [3.8, 4) is 33.4 Å². The van der Waals surface area contributed by atoms with Gasteiger partial charge in [0.15, 0.2) is 0 Å². The minimum atomic E-state index is -0.0499. The molecule has 0 radical (unpaired) electrons. The van der Waals surface area contributed by atoms with Crippen LogP contribution in [0.25, 0.3) is 53.6 Å². The molecule has 0 unspecified atom stereocenters. The van der Waals surface area contributed by atoms with Crippen LogP contribution in [-0.4, -0.2) is 6.85 Å². The van der Waals surface area contributed by atoms with E-state index in [2.05, 4.69) is 199 Å².